The molecule has 0 aromatic carbocycles. The summed E-state index contributed by atoms with van der Waals surface area (Å²) in [5, 5.41) is 0. The molecule has 1 aliphatic rings. The molecular weight excluding hydrogens is 150 g/mol. The molecule has 0 N–H and O–H groups in total. The molecule has 1 saturated heterocycles. The highest BCUT2D eigenvalue weighted by atomic mass is 16.1. The maximum atomic E-state index is 11.7. The van der Waals surface area contributed by atoms with Gasteiger partial charge in [0.25, 0.3) is 0 Å². The molecule has 0 radical (unpaired) electrons. The Bertz CT molecular complexity index is 167. The van der Waals surface area contributed by atoms with Crippen LogP contribution in [0.4, 0.5) is 0 Å². The first-order chi connectivity index (χ1) is 5.70. The largest absolute Gasteiger partial charge is 0.298 e. The van der Waals surface area contributed by atoms with Crippen molar-refractivity contribution in [2.45, 2.75) is 39.7 Å². The topological polar surface area (TPSA) is 20.3 Å². The fraction of sp³-hybridized carbons (Fsp3) is 0.900. The van der Waals surface area contributed by atoms with E-state index < -0.39 is 0 Å². The molecular formula is C10H19NO. The minimum absolute atomic E-state index is 0.207. The van der Waals surface area contributed by atoms with E-state index in [9.17, 15) is 4.79 Å². The number of carbonyl (C=O) groups excluding carboxylic acids is 1. The molecule has 0 aromatic heterocycles. The summed E-state index contributed by atoms with van der Waals surface area (Å²) in [6, 6.07) is 0.207. The molecule has 0 aromatic rings. The number of hydrogen-bond donors (Lipinski definition) is 0. The van der Waals surface area contributed by atoms with E-state index in [1.54, 1.807) is 0 Å². The Morgan fingerprint density at radius 1 is 1.50 bits per heavy atom. The fourth-order valence-corrected chi connectivity index (χ4v) is 2.00. The Kier molecular flexibility index (Phi) is 3.27. The number of likely N-dealkylation sites (N-methyl/N-ethyl adjacent to an activating group) is 1. The maximum absolute atomic E-state index is 11.7. The van der Waals surface area contributed by atoms with Gasteiger partial charge in [0.2, 0.25) is 0 Å². The van der Waals surface area contributed by atoms with Crippen molar-refractivity contribution in [1.29, 1.82) is 0 Å². The normalized spacial score (nSPS) is 32.4. The Labute approximate surface area is 74.9 Å². The third-order valence-corrected chi connectivity index (χ3v) is 2.90. The molecule has 1 aliphatic heterocycles. The van der Waals surface area contributed by atoms with Crippen molar-refractivity contribution in [2.75, 3.05) is 13.1 Å². The average molecular weight is 169 g/mol. The molecule has 1 fully saturated rings. The van der Waals surface area contributed by atoms with Gasteiger partial charge in [0, 0.05) is 5.92 Å². The zero-order chi connectivity index (χ0) is 9.14. The van der Waals surface area contributed by atoms with Gasteiger partial charge in [-0.1, -0.05) is 20.8 Å². The zero-order valence-electron chi connectivity index (χ0n) is 8.34. The highest BCUT2D eigenvalue weighted by Crippen LogP contribution is 2.20. The van der Waals surface area contributed by atoms with Crippen molar-refractivity contribution in [2.24, 2.45) is 5.92 Å². The van der Waals surface area contributed by atoms with Crippen LogP contribution in [0, 0.1) is 5.92 Å². The Morgan fingerprint density at radius 3 is 2.67 bits per heavy atom. The molecule has 0 aliphatic carbocycles. The van der Waals surface area contributed by atoms with E-state index in [2.05, 4.69) is 25.7 Å². The van der Waals surface area contributed by atoms with Crippen molar-refractivity contribution in [3.63, 3.8) is 0 Å². The molecule has 1 unspecified atom stereocenters. The van der Waals surface area contributed by atoms with E-state index in [0.717, 1.165) is 25.9 Å². The lowest BCUT2D eigenvalue weighted by Crippen LogP contribution is -2.48. The van der Waals surface area contributed by atoms with Crippen molar-refractivity contribution in [1.82, 2.24) is 4.90 Å². The molecule has 0 bridgehead atoms. The molecule has 2 heteroatoms. The number of ketones is 1. The monoisotopic (exact) mass is 169 g/mol. The predicted octanol–water partition coefficient (Wildman–Crippen LogP) is 1.70. The van der Waals surface area contributed by atoms with E-state index in [1.807, 2.05) is 0 Å². The summed E-state index contributed by atoms with van der Waals surface area (Å²) in [6.45, 7) is 8.39. The molecule has 70 valence electrons. The number of rotatable bonds is 2. The smallest absolute Gasteiger partial charge is 0.152 e. The number of Topliss-reactive ketones (excluding diaryl/α,β-unsaturated/α-hetero) is 1. The van der Waals surface area contributed by atoms with Crippen LogP contribution in [0.2, 0.25) is 0 Å². The van der Waals surface area contributed by atoms with Gasteiger partial charge in [-0.15, -0.1) is 0 Å². The van der Waals surface area contributed by atoms with Crippen LogP contribution in [-0.4, -0.2) is 29.8 Å². The van der Waals surface area contributed by atoms with Gasteiger partial charge in [0.15, 0.2) is 5.78 Å². The molecule has 0 amide bonds. The summed E-state index contributed by atoms with van der Waals surface area (Å²) in [5.41, 5.74) is 0. The van der Waals surface area contributed by atoms with Gasteiger partial charge in [0.05, 0.1) is 6.04 Å². The summed E-state index contributed by atoms with van der Waals surface area (Å²) in [5.74, 6) is 0.739. The van der Waals surface area contributed by atoms with Gasteiger partial charge in [-0.25, -0.2) is 0 Å². The molecule has 2 nitrogen and oxygen atoms in total. The predicted molar refractivity (Wildman–Crippen MR) is 50.1 cm³/mol. The van der Waals surface area contributed by atoms with E-state index in [-0.39, 0.29) is 12.0 Å². The van der Waals surface area contributed by atoms with E-state index in [1.165, 1.54) is 0 Å². The van der Waals surface area contributed by atoms with Crippen LogP contribution >= 0.6 is 0 Å². The van der Waals surface area contributed by atoms with E-state index in [4.69, 9.17) is 0 Å². The van der Waals surface area contributed by atoms with E-state index >= 15 is 0 Å². The van der Waals surface area contributed by atoms with Crippen molar-refractivity contribution in [3.8, 4) is 0 Å². The summed E-state index contributed by atoms with van der Waals surface area (Å²) in [6.07, 6.45) is 2.01. The molecule has 1 heterocycles. The van der Waals surface area contributed by atoms with Crippen molar-refractivity contribution >= 4 is 5.78 Å². The highest BCUT2D eigenvalue weighted by molar-refractivity contribution is 5.86. The van der Waals surface area contributed by atoms with Crippen LogP contribution in [-0.2, 0) is 4.79 Å². The van der Waals surface area contributed by atoms with Gasteiger partial charge < -0.3 is 0 Å². The van der Waals surface area contributed by atoms with Gasteiger partial charge in [-0.05, 0) is 25.9 Å². The minimum atomic E-state index is 0.207. The molecule has 1 rings (SSSR count). The SMILES string of the molecule is CC[C@@H]1C(=O)C(C)CCN1CC. The Hall–Kier alpha value is -0.370. The molecule has 0 saturated carbocycles. The second-order valence-electron chi connectivity index (χ2n) is 3.64. The average Bonchev–Trinajstić information content (AvgIpc) is 2.09. The van der Waals surface area contributed by atoms with Gasteiger partial charge in [-0.2, -0.15) is 0 Å². The van der Waals surface area contributed by atoms with Crippen LogP contribution in [0.5, 0.6) is 0 Å². The van der Waals surface area contributed by atoms with Crippen molar-refractivity contribution in [3.05, 3.63) is 0 Å². The quantitative estimate of drug-likeness (QED) is 0.627. The van der Waals surface area contributed by atoms with Crippen molar-refractivity contribution < 1.29 is 4.79 Å². The van der Waals surface area contributed by atoms with Gasteiger partial charge in [0.1, 0.15) is 0 Å². The second-order valence-corrected chi connectivity index (χ2v) is 3.64. The number of hydrogen-bond acceptors (Lipinski definition) is 2. The Morgan fingerprint density at radius 2 is 2.17 bits per heavy atom. The molecule has 2 atom stereocenters. The first-order valence-corrected chi connectivity index (χ1v) is 4.98. The molecule has 0 spiro atoms. The number of carbonyl (C=O) groups is 1. The highest BCUT2D eigenvalue weighted by Gasteiger charge is 2.31. The van der Waals surface area contributed by atoms with E-state index in [0.29, 0.717) is 5.78 Å². The third kappa shape index (κ3) is 1.69. The van der Waals surface area contributed by atoms with Gasteiger partial charge >= 0.3 is 0 Å². The zero-order valence-corrected chi connectivity index (χ0v) is 8.34. The molecule has 12 heavy (non-hydrogen) atoms. The standard InChI is InChI=1S/C10H19NO/c1-4-9-10(12)8(3)6-7-11(9)5-2/h8-9H,4-7H2,1-3H3/t8?,9-/m1/s1. The first kappa shape index (κ1) is 9.72. The van der Waals surface area contributed by atoms with Crippen LogP contribution in [0.1, 0.15) is 33.6 Å². The fourth-order valence-electron chi connectivity index (χ4n) is 2.00. The summed E-state index contributed by atoms with van der Waals surface area (Å²) in [4.78, 5) is 14.0. The lowest BCUT2D eigenvalue weighted by Gasteiger charge is -2.35. The van der Waals surface area contributed by atoms with Crippen LogP contribution in [0.15, 0.2) is 0 Å². The van der Waals surface area contributed by atoms with Crippen LogP contribution < -0.4 is 0 Å². The van der Waals surface area contributed by atoms with Gasteiger partial charge in [-0.3, -0.25) is 9.69 Å². The number of likely N-dealkylation sites (tertiary alicyclic amines) is 1. The number of piperidine rings is 1. The second kappa shape index (κ2) is 4.04. The maximum Gasteiger partial charge on any atom is 0.152 e. The Balaban J connectivity index is 2.65. The van der Waals surface area contributed by atoms with Crippen LogP contribution in [0.3, 0.4) is 0 Å². The minimum Gasteiger partial charge on any atom is -0.298 e. The lowest BCUT2D eigenvalue weighted by molar-refractivity contribution is -0.131. The lowest BCUT2D eigenvalue weighted by atomic mass is 9.89. The summed E-state index contributed by atoms with van der Waals surface area (Å²) < 4.78 is 0. The first-order valence-electron chi connectivity index (χ1n) is 4.98. The van der Waals surface area contributed by atoms with Crippen LogP contribution in [0.25, 0.3) is 0 Å². The summed E-state index contributed by atoms with van der Waals surface area (Å²) >= 11 is 0. The third-order valence-electron chi connectivity index (χ3n) is 2.90. The number of nitrogens with zero attached hydrogens (tertiary/aromatic N) is 1. The summed E-state index contributed by atoms with van der Waals surface area (Å²) in [7, 11) is 0.